The summed E-state index contributed by atoms with van der Waals surface area (Å²) in [6, 6.07) is 6.54. The summed E-state index contributed by atoms with van der Waals surface area (Å²) in [4.78, 5) is 0. The van der Waals surface area contributed by atoms with E-state index in [1.165, 1.54) is 0 Å². The second-order valence-electron chi connectivity index (χ2n) is 6.96. The third kappa shape index (κ3) is 5.33. The minimum atomic E-state index is -0.748. The Bertz CT molecular complexity index is 674. The molecular weight excluding hydrogens is 340 g/mol. The molecule has 0 N–H and O–H groups in total. The van der Waals surface area contributed by atoms with Crippen molar-refractivity contribution in [3.63, 3.8) is 0 Å². The summed E-state index contributed by atoms with van der Waals surface area (Å²) in [5.41, 5.74) is 1.53. The highest BCUT2D eigenvalue weighted by Gasteiger charge is 2.11. The molecule has 0 fully saturated rings. The second kappa shape index (κ2) is 9.75. The van der Waals surface area contributed by atoms with Gasteiger partial charge in [0.25, 0.3) is 0 Å². The van der Waals surface area contributed by atoms with Crippen molar-refractivity contribution in [2.24, 2.45) is 0 Å². The molecule has 0 atom stereocenters. The highest BCUT2D eigenvalue weighted by molar-refractivity contribution is 5.26. The normalized spacial score (nSPS) is 11.2. The van der Waals surface area contributed by atoms with Crippen LogP contribution in [0.5, 0.6) is 0 Å². The van der Waals surface area contributed by atoms with Crippen LogP contribution in [0.15, 0.2) is 24.3 Å². The number of aryl methyl sites for hydroxylation is 4. The number of unbranched alkanes of at least 4 members (excludes halogenated alkanes) is 5. The van der Waals surface area contributed by atoms with Crippen LogP contribution in [0, 0.1) is 37.1 Å². The van der Waals surface area contributed by atoms with Gasteiger partial charge >= 0.3 is 0 Å². The monoisotopic (exact) mass is 366 g/mol. The van der Waals surface area contributed by atoms with Gasteiger partial charge in [0, 0.05) is 0 Å². The van der Waals surface area contributed by atoms with Crippen LogP contribution >= 0.6 is 0 Å². The lowest BCUT2D eigenvalue weighted by atomic mass is 10.0. The van der Waals surface area contributed by atoms with Crippen molar-refractivity contribution in [1.29, 1.82) is 0 Å². The molecule has 0 aliphatic rings. The molecule has 0 aliphatic heterocycles. The van der Waals surface area contributed by atoms with Crippen LogP contribution in [0.3, 0.4) is 0 Å². The number of halogens is 4. The number of hydrogen-bond donors (Lipinski definition) is 0. The van der Waals surface area contributed by atoms with E-state index in [1.807, 2.05) is 0 Å². The first kappa shape index (κ1) is 20.5. The molecule has 142 valence electrons. The standard InChI is InChI=1S/C22H26F4/c1-15-11-13-17(21(25)19(15)23)9-7-5-3-4-6-8-10-18-14-12-16(2)20(24)22(18)26/h11-14H,3-10H2,1-2H3. The Labute approximate surface area is 153 Å². The summed E-state index contributed by atoms with van der Waals surface area (Å²) in [6.45, 7) is 3.11. The molecule has 26 heavy (non-hydrogen) atoms. The predicted octanol–water partition coefficient (Wildman–Crippen LogP) is 6.99. The zero-order chi connectivity index (χ0) is 19.1. The van der Waals surface area contributed by atoms with Gasteiger partial charge in [-0.15, -0.1) is 0 Å². The zero-order valence-electron chi connectivity index (χ0n) is 15.5. The SMILES string of the molecule is Cc1ccc(CCCCCCCCc2ccc(C)c(F)c2F)c(F)c1F. The topological polar surface area (TPSA) is 0 Å². The van der Waals surface area contributed by atoms with E-state index in [0.717, 1.165) is 38.5 Å². The summed E-state index contributed by atoms with van der Waals surface area (Å²) < 4.78 is 54.5. The highest BCUT2D eigenvalue weighted by atomic mass is 19.2. The van der Waals surface area contributed by atoms with Crippen LogP contribution in [0.2, 0.25) is 0 Å². The Morgan fingerprint density at radius 2 is 0.846 bits per heavy atom. The fraction of sp³-hybridized carbons (Fsp3) is 0.455. The quantitative estimate of drug-likeness (QED) is 0.331. The van der Waals surface area contributed by atoms with Crippen molar-refractivity contribution < 1.29 is 17.6 Å². The van der Waals surface area contributed by atoms with E-state index in [2.05, 4.69) is 0 Å². The van der Waals surface area contributed by atoms with Gasteiger partial charge in [0.05, 0.1) is 0 Å². The molecule has 0 saturated carbocycles. The number of hydrogen-bond acceptors (Lipinski definition) is 0. The Hall–Kier alpha value is -1.84. The van der Waals surface area contributed by atoms with Crippen molar-refractivity contribution >= 4 is 0 Å². The molecule has 0 spiro atoms. The van der Waals surface area contributed by atoms with Gasteiger partial charge in [0.15, 0.2) is 23.3 Å². The molecule has 0 saturated heterocycles. The Balaban J connectivity index is 1.62. The lowest BCUT2D eigenvalue weighted by Gasteiger charge is -2.07. The van der Waals surface area contributed by atoms with E-state index < -0.39 is 23.3 Å². The van der Waals surface area contributed by atoms with E-state index in [9.17, 15) is 17.6 Å². The van der Waals surface area contributed by atoms with Gasteiger partial charge in [-0.05, 0) is 61.8 Å². The zero-order valence-corrected chi connectivity index (χ0v) is 15.5. The maximum atomic E-state index is 13.8. The fourth-order valence-corrected chi connectivity index (χ4v) is 3.10. The van der Waals surface area contributed by atoms with Crippen molar-refractivity contribution in [2.75, 3.05) is 0 Å². The molecule has 2 aromatic carbocycles. The van der Waals surface area contributed by atoms with Crippen molar-refractivity contribution in [1.82, 2.24) is 0 Å². The molecule has 2 aromatic rings. The first-order chi connectivity index (χ1) is 12.4. The minimum Gasteiger partial charge on any atom is -0.203 e. The van der Waals surface area contributed by atoms with Crippen LogP contribution in [-0.4, -0.2) is 0 Å². The Kier molecular flexibility index (Phi) is 7.67. The van der Waals surface area contributed by atoms with Gasteiger partial charge < -0.3 is 0 Å². The van der Waals surface area contributed by atoms with Crippen LogP contribution in [0.4, 0.5) is 17.6 Å². The van der Waals surface area contributed by atoms with Crippen molar-refractivity contribution in [3.8, 4) is 0 Å². The van der Waals surface area contributed by atoms with Gasteiger partial charge in [-0.3, -0.25) is 0 Å². The van der Waals surface area contributed by atoms with Gasteiger partial charge in [0.2, 0.25) is 0 Å². The summed E-state index contributed by atoms with van der Waals surface area (Å²) in [5.74, 6) is -2.95. The number of benzene rings is 2. The molecule has 0 nitrogen and oxygen atoms in total. The van der Waals surface area contributed by atoms with E-state index >= 15 is 0 Å². The largest absolute Gasteiger partial charge is 0.203 e. The summed E-state index contributed by atoms with van der Waals surface area (Å²) >= 11 is 0. The van der Waals surface area contributed by atoms with Gasteiger partial charge in [0.1, 0.15) is 0 Å². The molecule has 0 aromatic heterocycles. The lowest BCUT2D eigenvalue weighted by molar-refractivity contribution is 0.487. The van der Waals surface area contributed by atoms with E-state index in [0.29, 0.717) is 35.1 Å². The van der Waals surface area contributed by atoms with Crippen molar-refractivity contribution in [3.05, 3.63) is 69.8 Å². The minimum absolute atomic E-state index is 0.330. The Morgan fingerprint density at radius 1 is 0.500 bits per heavy atom. The van der Waals surface area contributed by atoms with Crippen molar-refractivity contribution in [2.45, 2.75) is 65.2 Å². The summed E-state index contributed by atoms with van der Waals surface area (Å²) in [7, 11) is 0. The van der Waals surface area contributed by atoms with E-state index in [1.54, 1.807) is 38.1 Å². The molecule has 0 aliphatic carbocycles. The average molecular weight is 366 g/mol. The Morgan fingerprint density at radius 3 is 1.23 bits per heavy atom. The molecule has 0 amide bonds. The van der Waals surface area contributed by atoms with Crippen LogP contribution in [0.25, 0.3) is 0 Å². The smallest absolute Gasteiger partial charge is 0.162 e. The molecule has 0 bridgehead atoms. The van der Waals surface area contributed by atoms with E-state index in [-0.39, 0.29) is 0 Å². The molecule has 0 radical (unpaired) electrons. The first-order valence-corrected chi connectivity index (χ1v) is 9.28. The molecular formula is C22H26F4. The predicted molar refractivity (Wildman–Crippen MR) is 97.3 cm³/mol. The second-order valence-corrected chi connectivity index (χ2v) is 6.96. The summed E-state index contributed by atoms with van der Waals surface area (Å²) in [6.07, 6.45) is 6.61. The van der Waals surface area contributed by atoms with Crippen LogP contribution in [0.1, 0.15) is 60.8 Å². The maximum absolute atomic E-state index is 13.8. The van der Waals surface area contributed by atoms with Crippen LogP contribution < -0.4 is 0 Å². The molecule has 0 heterocycles. The number of rotatable bonds is 9. The first-order valence-electron chi connectivity index (χ1n) is 9.28. The maximum Gasteiger partial charge on any atom is 0.162 e. The van der Waals surface area contributed by atoms with Gasteiger partial charge in [-0.25, -0.2) is 17.6 Å². The van der Waals surface area contributed by atoms with Gasteiger partial charge in [-0.2, -0.15) is 0 Å². The highest BCUT2D eigenvalue weighted by Crippen LogP contribution is 2.20. The van der Waals surface area contributed by atoms with Crippen LogP contribution in [-0.2, 0) is 12.8 Å². The third-order valence-corrected chi connectivity index (χ3v) is 4.85. The fourth-order valence-electron chi connectivity index (χ4n) is 3.10. The molecule has 2 rings (SSSR count). The lowest BCUT2D eigenvalue weighted by Crippen LogP contribution is -1.98. The van der Waals surface area contributed by atoms with Gasteiger partial charge in [-0.1, -0.05) is 49.9 Å². The molecule has 4 heteroatoms. The molecule has 0 unspecified atom stereocenters. The summed E-state index contributed by atoms with van der Waals surface area (Å²) in [5, 5.41) is 0. The average Bonchev–Trinajstić information content (AvgIpc) is 2.63. The third-order valence-electron chi connectivity index (χ3n) is 4.85. The van der Waals surface area contributed by atoms with E-state index in [4.69, 9.17) is 0 Å².